The Kier molecular flexibility index (Phi) is 3.14. The summed E-state index contributed by atoms with van der Waals surface area (Å²) in [6.07, 6.45) is 3.21. The average Bonchev–Trinajstić information content (AvgIpc) is 2.37. The molecule has 0 saturated carbocycles. The number of hydrogen-bond donors (Lipinski definition) is 3. The Morgan fingerprint density at radius 3 is 2.56 bits per heavy atom. The molecule has 2 rings (SSSR count). The van der Waals surface area contributed by atoms with Crippen LogP contribution in [0.2, 0.25) is 0 Å². The third-order valence-corrected chi connectivity index (χ3v) is 2.52. The van der Waals surface area contributed by atoms with Crippen molar-refractivity contribution in [1.29, 1.82) is 0 Å². The molecule has 0 bridgehead atoms. The van der Waals surface area contributed by atoms with Gasteiger partial charge in [0.2, 0.25) is 5.75 Å². The molecule has 5 nitrogen and oxygen atoms in total. The Bertz CT molecular complexity index is 581. The van der Waals surface area contributed by atoms with Gasteiger partial charge >= 0.3 is 0 Å². The summed E-state index contributed by atoms with van der Waals surface area (Å²) in [5, 5.41) is 28.1. The highest BCUT2D eigenvalue weighted by Crippen LogP contribution is 2.37. The highest BCUT2D eigenvalue weighted by molar-refractivity contribution is 6.00. The van der Waals surface area contributed by atoms with Gasteiger partial charge in [-0.25, -0.2) is 0 Å². The molecule has 0 amide bonds. The number of aromatic nitrogens is 1. The summed E-state index contributed by atoms with van der Waals surface area (Å²) in [4.78, 5) is 15.8. The molecule has 0 atom stereocenters. The molecular weight excluding hydrogens is 234 g/mol. The fourth-order valence-electron chi connectivity index (χ4n) is 1.58. The van der Waals surface area contributed by atoms with Crippen molar-refractivity contribution in [2.24, 2.45) is 0 Å². The Hall–Kier alpha value is -2.56. The Morgan fingerprint density at radius 2 is 1.89 bits per heavy atom. The molecule has 1 aromatic carbocycles. The number of aromatic hydroxyl groups is 3. The number of pyridine rings is 1. The SMILES string of the molecule is O=C(Cc1cccnc1)c1ccc(O)c(O)c1O. The van der Waals surface area contributed by atoms with Gasteiger partial charge in [0, 0.05) is 18.8 Å². The van der Waals surface area contributed by atoms with E-state index < -0.39 is 17.2 Å². The second-order valence-electron chi connectivity index (χ2n) is 3.79. The Morgan fingerprint density at radius 1 is 1.11 bits per heavy atom. The number of ketones is 1. The van der Waals surface area contributed by atoms with Gasteiger partial charge in [-0.05, 0) is 23.8 Å². The van der Waals surface area contributed by atoms with Crippen molar-refractivity contribution >= 4 is 5.78 Å². The van der Waals surface area contributed by atoms with Crippen molar-refractivity contribution in [3.63, 3.8) is 0 Å². The number of rotatable bonds is 3. The van der Waals surface area contributed by atoms with Gasteiger partial charge in [-0.15, -0.1) is 0 Å². The molecular formula is C13H11NO4. The lowest BCUT2D eigenvalue weighted by Gasteiger charge is -2.06. The van der Waals surface area contributed by atoms with Crippen molar-refractivity contribution in [3.05, 3.63) is 47.8 Å². The molecule has 5 heteroatoms. The molecule has 2 aromatic rings. The number of carbonyl (C=O) groups excluding carboxylic acids is 1. The van der Waals surface area contributed by atoms with Crippen LogP contribution in [0.1, 0.15) is 15.9 Å². The van der Waals surface area contributed by atoms with E-state index in [0.29, 0.717) is 5.56 Å². The van der Waals surface area contributed by atoms with Crippen LogP contribution in [-0.2, 0) is 6.42 Å². The highest BCUT2D eigenvalue weighted by atomic mass is 16.3. The Labute approximate surface area is 103 Å². The smallest absolute Gasteiger partial charge is 0.201 e. The van der Waals surface area contributed by atoms with Gasteiger partial charge < -0.3 is 15.3 Å². The molecule has 0 radical (unpaired) electrons. The first-order chi connectivity index (χ1) is 8.59. The molecule has 18 heavy (non-hydrogen) atoms. The first-order valence-corrected chi connectivity index (χ1v) is 5.25. The lowest BCUT2D eigenvalue weighted by molar-refractivity contribution is 0.0989. The summed E-state index contributed by atoms with van der Waals surface area (Å²) < 4.78 is 0. The van der Waals surface area contributed by atoms with Crippen molar-refractivity contribution in [1.82, 2.24) is 4.98 Å². The van der Waals surface area contributed by atoms with Crippen molar-refractivity contribution in [2.75, 3.05) is 0 Å². The second kappa shape index (κ2) is 4.75. The van der Waals surface area contributed by atoms with Crippen LogP contribution in [0.5, 0.6) is 17.2 Å². The van der Waals surface area contributed by atoms with Crippen LogP contribution in [0.15, 0.2) is 36.7 Å². The van der Waals surface area contributed by atoms with Crippen LogP contribution in [0.4, 0.5) is 0 Å². The maximum atomic E-state index is 11.9. The fourth-order valence-corrected chi connectivity index (χ4v) is 1.58. The molecule has 0 saturated heterocycles. The summed E-state index contributed by atoms with van der Waals surface area (Å²) in [6, 6.07) is 5.87. The lowest BCUT2D eigenvalue weighted by atomic mass is 10.0. The molecule has 3 N–H and O–H groups in total. The van der Waals surface area contributed by atoms with Gasteiger partial charge in [0.05, 0.1) is 5.56 Å². The third kappa shape index (κ3) is 2.24. The van der Waals surface area contributed by atoms with Gasteiger partial charge in [-0.2, -0.15) is 0 Å². The molecule has 0 unspecified atom stereocenters. The van der Waals surface area contributed by atoms with Crippen LogP contribution in [0.3, 0.4) is 0 Å². The first-order valence-electron chi connectivity index (χ1n) is 5.25. The highest BCUT2D eigenvalue weighted by Gasteiger charge is 2.17. The molecule has 1 heterocycles. The van der Waals surface area contributed by atoms with Crippen LogP contribution in [0.25, 0.3) is 0 Å². The summed E-state index contributed by atoms with van der Waals surface area (Å²) in [5.74, 6) is -2.13. The Balaban J connectivity index is 2.28. The summed E-state index contributed by atoms with van der Waals surface area (Å²) in [6.45, 7) is 0. The maximum absolute atomic E-state index is 11.9. The van der Waals surface area contributed by atoms with Crippen molar-refractivity contribution in [3.8, 4) is 17.2 Å². The molecule has 0 spiro atoms. The van der Waals surface area contributed by atoms with E-state index in [2.05, 4.69) is 4.98 Å². The number of carbonyl (C=O) groups is 1. The number of benzene rings is 1. The topological polar surface area (TPSA) is 90.7 Å². The van der Waals surface area contributed by atoms with E-state index in [1.807, 2.05) is 0 Å². The molecule has 0 aliphatic heterocycles. The minimum atomic E-state index is -0.688. The van der Waals surface area contributed by atoms with E-state index in [-0.39, 0.29) is 17.8 Å². The summed E-state index contributed by atoms with van der Waals surface area (Å²) >= 11 is 0. The van der Waals surface area contributed by atoms with E-state index in [1.54, 1.807) is 24.5 Å². The molecule has 0 aliphatic rings. The van der Waals surface area contributed by atoms with E-state index in [0.717, 1.165) is 6.07 Å². The van der Waals surface area contributed by atoms with Gasteiger partial charge in [0.25, 0.3) is 0 Å². The number of hydrogen-bond acceptors (Lipinski definition) is 5. The predicted molar refractivity (Wildman–Crippen MR) is 63.7 cm³/mol. The second-order valence-corrected chi connectivity index (χ2v) is 3.79. The van der Waals surface area contributed by atoms with Crippen LogP contribution in [0, 0.1) is 0 Å². The van der Waals surface area contributed by atoms with Crippen LogP contribution >= 0.6 is 0 Å². The van der Waals surface area contributed by atoms with Gasteiger partial charge in [0.1, 0.15) is 0 Å². The third-order valence-electron chi connectivity index (χ3n) is 2.52. The minimum absolute atomic E-state index is 0.0332. The molecule has 92 valence electrons. The minimum Gasteiger partial charge on any atom is -0.504 e. The molecule has 0 fully saturated rings. The van der Waals surface area contributed by atoms with E-state index >= 15 is 0 Å². The lowest BCUT2D eigenvalue weighted by Crippen LogP contribution is -2.04. The normalized spacial score (nSPS) is 10.2. The number of Topliss-reactive ketones (excluding diaryl/α,β-unsaturated/α-hetero) is 1. The van der Waals surface area contributed by atoms with Crippen molar-refractivity contribution < 1.29 is 20.1 Å². The number of phenolic OH excluding ortho intramolecular Hbond substituents is 3. The largest absolute Gasteiger partial charge is 0.504 e. The van der Waals surface area contributed by atoms with Crippen LogP contribution in [-0.4, -0.2) is 26.1 Å². The standard InChI is InChI=1S/C13H11NO4/c15-10-4-3-9(12(17)13(10)18)11(16)6-8-2-1-5-14-7-8/h1-5,7,15,17-18H,6H2. The predicted octanol–water partition coefficient (Wildman–Crippen LogP) is 1.62. The monoisotopic (exact) mass is 245 g/mol. The van der Waals surface area contributed by atoms with E-state index in [4.69, 9.17) is 5.11 Å². The number of nitrogens with zero attached hydrogens (tertiary/aromatic N) is 1. The van der Waals surface area contributed by atoms with E-state index in [9.17, 15) is 15.0 Å². The van der Waals surface area contributed by atoms with Crippen LogP contribution < -0.4 is 0 Å². The zero-order chi connectivity index (χ0) is 13.1. The quantitative estimate of drug-likeness (QED) is 0.564. The van der Waals surface area contributed by atoms with Gasteiger partial charge in [-0.3, -0.25) is 9.78 Å². The zero-order valence-corrected chi connectivity index (χ0v) is 9.37. The summed E-state index contributed by atoms with van der Waals surface area (Å²) in [7, 11) is 0. The molecule has 0 aliphatic carbocycles. The fraction of sp³-hybridized carbons (Fsp3) is 0.0769. The first kappa shape index (κ1) is 11.9. The van der Waals surface area contributed by atoms with Gasteiger partial charge in [0.15, 0.2) is 17.3 Å². The van der Waals surface area contributed by atoms with Crippen molar-refractivity contribution in [2.45, 2.75) is 6.42 Å². The summed E-state index contributed by atoms with van der Waals surface area (Å²) in [5.41, 5.74) is 0.670. The van der Waals surface area contributed by atoms with E-state index in [1.165, 1.54) is 6.07 Å². The van der Waals surface area contributed by atoms with Gasteiger partial charge in [-0.1, -0.05) is 6.07 Å². The number of phenols is 3. The molecule has 1 aromatic heterocycles. The zero-order valence-electron chi connectivity index (χ0n) is 9.37. The maximum Gasteiger partial charge on any atom is 0.201 e. The average molecular weight is 245 g/mol.